The average molecular weight is 343 g/mol. The highest BCUT2D eigenvalue weighted by molar-refractivity contribution is 5.73. The summed E-state index contributed by atoms with van der Waals surface area (Å²) >= 11 is 0. The summed E-state index contributed by atoms with van der Waals surface area (Å²) in [6, 6.07) is 16.4. The maximum Gasteiger partial charge on any atom is 0.320 e. The fourth-order valence-corrected chi connectivity index (χ4v) is 2.38. The largest absolute Gasteiger partial charge is 0.492 e. The maximum atomic E-state index is 11.2. The van der Waals surface area contributed by atoms with Crippen molar-refractivity contribution in [2.24, 2.45) is 5.92 Å². The molecule has 0 radical (unpaired) electrons. The Balaban J connectivity index is 1.77. The highest BCUT2D eigenvalue weighted by Gasteiger charge is 2.22. The van der Waals surface area contributed by atoms with Crippen molar-refractivity contribution in [2.75, 3.05) is 13.2 Å². The summed E-state index contributed by atoms with van der Waals surface area (Å²) in [6.45, 7) is 4.79. The second kappa shape index (κ2) is 9.69. The van der Waals surface area contributed by atoms with Crippen molar-refractivity contribution in [1.82, 2.24) is 5.32 Å². The third-order valence-electron chi connectivity index (χ3n) is 4.02. The quantitative estimate of drug-likeness (QED) is 0.640. The minimum Gasteiger partial charge on any atom is -0.492 e. The SMILES string of the molecule is CC[C@H](C)[C@H](NCCOc1ccc(Oc2ccccc2)cc1)C(=O)O. The summed E-state index contributed by atoms with van der Waals surface area (Å²) in [4.78, 5) is 11.2. The lowest BCUT2D eigenvalue weighted by Gasteiger charge is -2.20. The zero-order valence-electron chi connectivity index (χ0n) is 14.6. The summed E-state index contributed by atoms with van der Waals surface area (Å²) in [5.41, 5.74) is 0. The molecule has 0 heterocycles. The standard InChI is InChI=1S/C20H25NO4/c1-3-15(2)19(20(22)23)21-13-14-24-16-9-11-18(12-10-16)25-17-7-5-4-6-8-17/h4-12,15,19,21H,3,13-14H2,1-2H3,(H,22,23)/t15-,19-/m0/s1. The van der Waals surface area contributed by atoms with Gasteiger partial charge in [0.2, 0.25) is 0 Å². The van der Waals surface area contributed by atoms with E-state index < -0.39 is 12.0 Å². The van der Waals surface area contributed by atoms with Crippen LogP contribution in [-0.4, -0.2) is 30.3 Å². The van der Waals surface area contributed by atoms with E-state index in [1.165, 1.54) is 0 Å². The number of hydrogen-bond acceptors (Lipinski definition) is 4. The van der Waals surface area contributed by atoms with Crippen LogP contribution in [0.1, 0.15) is 20.3 Å². The molecule has 0 aliphatic rings. The first-order valence-corrected chi connectivity index (χ1v) is 8.52. The van der Waals surface area contributed by atoms with Crippen LogP contribution in [0.5, 0.6) is 17.2 Å². The zero-order chi connectivity index (χ0) is 18.1. The molecule has 0 saturated heterocycles. The van der Waals surface area contributed by atoms with Crippen molar-refractivity contribution in [3.63, 3.8) is 0 Å². The molecular weight excluding hydrogens is 318 g/mol. The lowest BCUT2D eigenvalue weighted by atomic mass is 9.99. The Morgan fingerprint density at radius 2 is 1.64 bits per heavy atom. The molecule has 0 aliphatic carbocycles. The first-order valence-electron chi connectivity index (χ1n) is 8.52. The van der Waals surface area contributed by atoms with Crippen LogP contribution in [0.25, 0.3) is 0 Å². The number of para-hydroxylation sites is 1. The minimum atomic E-state index is -0.822. The molecule has 0 fully saturated rings. The Morgan fingerprint density at radius 3 is 2.24 bits per heavy atom. The molecule has 5 heteroatoms. The summed E-state index contributed by atoms with van der Waals surface area (Å²) in [5, 5.41) is 12.3. The Hall–Kier alpha value is -2.53. The molecule has 0 spiro atoms. The molecule has 2 atom stereocenters. The molecule has 0 unspecified atom stereocenters. The molecule has 0 saturated carbocycles. The molecule has 2 N–H and O–H groups in total. The van der Waals surface area contributed by atoms with E-state index in [2.05, 4.69) is 5.32 Å². The third-order valence-corrected chi connectivity index (χ3v) is 4.02. The predicted octanol–water partition coefficient (Wildman–Crippen LogP) is 3.95. The molecular formula is C20H25NO4. The van der Waals surface area contributed by atoms with Gasteiger partial charge < -0.3 is 19.9 Å². The lowest BCUT2D eigenvalue weighted by molar-refractivity contribution is -0.140. The average Bonchev–Trinajstić information content (AvgIpc) is 2.63. The highest BCUT2D eigenvalue weighted by Crippen LogP contribution is 2.23. The van der Waals surface area contributed by atoms with Crippen LogP contribution in [0.2, 0.25) is 0 Å². The number of carboxylic acids is 1. The smallest absolute Gasteiger partial charge is 0.320 e. The number of ether oxygens (including phenoxy) is 2. The van der Waals surface area contributed by atoms with Gasteiger partial charge in [0.05, 0.1) is 0 Å². The lowest BCUT2D eigenvalue weighted by Crippen LogP contribution is -2.43. The highest BCUT2D eigenvalue weighted by atomic mass is 16.5. The zero-order valence-corrected chi connectivity index (χ0v) is 14.6. The van der Waals surface area contributed by atoms with Gasteiger partial charge in [-0.1, -0.05) is 38.5 Å². The first kappa shape index (κ1) is 18.8. The van der Waals surface area contributed by atoms with Gasteiger partial charge in [0.1, 0.15) is 29.9 Å². The molecule has 134 valence electrons. The Labute approximate surface area is 148 Å². The first-order chi connectivity index (χ1) is 12.1. The van der Waals surface area contributed by atoms with Crippen molar-refractivity contribution in [2.45, 2.75) is 26.3 Å². The number of carbonyl (C=O) groups is 1. The molecule has 25 heavy (non-hydrogen) atoms. The predicted molar refractivity (Wildman–Crippen MR) is 97.3 cm³/mol. The normalized spacial score (nSPS) is 13.0. The number of aliphatic carboxylic acids is 1. The number of hydrogen-bond donors (Lipinski definition) is 2. The summed E-state index contributed by atoms with van der Waals surface area (Å²) in [7, 11) is 0. The molecule has 0 bridgehead atoms. The number of benzene rings is 2. The van der Waals surface area contributed by atoms with Crippen LogP contribution in [0, 0.1) is 5.92 Å². The van der Waals surface area contributed by atoms with Crippen LogP contribution in [0.4, 0.5) is 0 Å². The van der Waals surface area contributed by atoms with Gasteiger partial charge in [0, 0.05) is 6.54 Å². The van der Waals surface area contributed by atoms with Crippen molar-refractivity contribution in [3.8, 4) is 17.2 Å². The Bertz CT molecular complexity index is 643. The van der Waals surface area contributed by atoms with Gasteiger partial charge in [0.25, 0.3) is 0 Å². The van der Waals surface area contributed by atoms with Gasteiger partial charge in [-0.3, -0.25) is 4.79 Å². The molecule has 2 aromatic rings. The van der Waals surface area contributed by atoms with Crippen LogP contribution in [-0.2, 0) is 4.79 Å². The topological polar surface area (TPSA) is 67.8 Å². The van der Waals surface area contributed by atoms with E-state index in [9.17, 15) is 9.90 Å². The van der Waals surface area contributed by atoms with Crippen LogP contribution >= 0.6 is 0 Å². The molecule has 0 aliphatic heterocycles. The maximum absolute atomic E-state index is 11.2. The number of nitrogens with one attached hydrogen (secondary N) is 1. The van der Waals surface area contributed by atoms with Crippen LogP contribution in [0.3, 0.4) is 0 Å². The van der Waals surface area contributed by atoms with Gasteiger partial charge in [-0.2, -0.15) is 0 Å². The number of carboxylic acid groups (broad SMARTS) is 1. The summed E-state index contributed by atoms with van der Waals surface area (Å²) in [6.07, 6.45) is 0.813. The van der Waals surface area contributed by atoms with E-state index in [1.807, 2.05) is 68.4 Å². The number of rotatable bonds is 10. The monoisotopic (exact) mass is 343 g/mol. The molecule has 5 nitrogen and oxygen atoms in total. The fraction of sp³-hybridized carbons (Fsp3) is 0.350. The van der Waals surface area contributed by atoms with E-state index in [0.717, 1.165) is 23.7 Å². The van der Waals surface area contributed by atoms with Crippen molar-refractivity contribution in [3.05, 3.63) is 54.6 Å². The molecule has 0 aromatic heterocycles. The van der Waals surface area contributed by atoms with Crippen LogP contribution < -0.4 is 14.8 Å². The van der Waals surface area contributed by atoms with Crippen molar-refractivity contribution >= 4 is 5.97 Å². The van der Waals surface area contributed by atoms with Gasteiger partial charge in [-0.05, 0) is 42.3 Å². The minimum absolute atomic E-state index is 0.0759. The van der Waals surface area contributed by atoms with Crippen LogP contribution in [0.15, 0.2) is 54.6 Å². The van der Waals surface area contributed by atoms with E-state index >= 15 is 0 Å². The Morgan fingerprint density at radius 1 is 1.04 bits per heavy atom. The van der Waals surface area contributed by atoms with Crippen molar-refractivity contribution in [1.29, 1.82) is 0 Å². The van der Waals surface area contributed by atoms with Gasteiger partial charge in [0.15, 0.2) is 0 Å². The van der Waals surface area contributed by atoms with Gasteiger partial charge in [-0.25, -0.2) is 0 Å². The van der Waals surface area contributed by atoms with E-state index in [0.29, 0.717) is 13.2 Å². The summed E-state index contributed by atoms with van der Waals surface area (Å²) < 4.78 is 11.4. The van der Waals surface area contributed by atoms with Crippen molar-refractivity contribution < 1.29 is 19.4 Å². The fourth-order valence-electron chi connectivity index (χ4n) is 2.38. The van der Waals surface area contributed by atoms with E-state index in [1.54, 1.807) is 0 Å². The van der Waals surface area contributed by atoms with E-state index in [4.69, 9.17) is 9.47 Å². The van der Waals surface area contributed by atoms with Gasteiger partial charge >= 0.3 is 5.97 Å². The second-order valence-corrected chi connectivity index (χ2v) is 5.89. The molecule has 0 amide bonds. The van der Waals surface area contributed by atoms with Gasteiger partial charge in [-0.15, -0.1) is 0 Å². The summed E-state index contributed by atoms with van der Waals surface area (Å²) in [5.74, 6) is 1.49. The third kappa shape index (κ3) is 6.12. The van der Waals surface area contributed by atoms with E-state index in [-0.39, 0.29) is 5.92 Å². The molecule has 2 rings (SSSR count). The second-order valence-electron chi connectivity index (χ2n) is 5.89. The molecule has 2 aromatic carbocycles. The Kier molecular flexibility index (Phi) is 7.29.